The third-order valence-corrected chi connectivity index (χ3v) is 18.9. The predicted octanol–water partition coefficient (Wildman–Crippen LogP) is 4.57. The molecule has 6 N–H and O–H groups in total. The Labute approximate surface area is 439 Å². The maximum atomic E-state index is 14.6. The smallest absolute Gasteiger partial charge is 0.246 e. The van der Waals surface area contributed by atoms with Gasteiger partial charge in [-0.25, -0.2) is 0 Å². The molecule has 12 atom stereocenters. The van der Waals surface area contributed by atoms with Crippen LogP contribution >= 0.6 is 48.0 Å². The van der Waals surface area contributed by atoms with E-state index in [-0.39, 0.29) is 58.7 Å². The van der Waals surface area contributed by atoms with Crippen LogP contribution in [0.3, 0.4) is 0 Å². The van der Waals surface area contributed by atoms with E-state index in [4.69, 9.17) is 38.6 Å². The highest BCUT2D eigenvalue weighted by atomic mass is 32.2. The van der Waals surface area contributed by atoms with Gasteiger partial charge in [0.2, 0.25) is 23.6 Å². The van der Waals surface area contributed by atoms with Crippen molar-refractivity contribution < 1.29 is 33.4 Å². The minimum absolute atomic E-state index is 0.0883. The number of carbonyl (C=O) groups is 4. The van der Waals surface area contributed by atoms with Crippen LogP contribution in [-0.2, 0) is 46.2 Å². The predicted molar refractivity (Wildman–Crippen MR) is 288 cm³/mol. The standard InChI is InChI=1S/C52H74N8O7S4/c1-29(53-7)47(68)55-35-17-23-70-39-27-51(3,4)43(59(39)49(35)63)45(61)57-41-33-15-11-9-13-31(33)25-37(41)66-21-19-65-20-22-67-38-26-32-14-10-12-16-34(32)42(38)58-46(62)44-52(5,6)28-40-60(44)50(64)36(18-24-71-40)56-48(69)30(2)54-8/h9-16,29-30,35-44,53-54H,17-28H2,1-8H3,(H,55,68)(H,56,69)(H,57,61)(H,58,62)/t29?,30?,35-,36-,37+,38+,39-,40-,41-,42-,43+,44+/m0/s1. The molecule has 4 fully saturated rings. The molecule has 2 aromatic carbocycles. The van der Waals surface area contributed by atoms with Gasteiger partial charge in [0.1, 0.15) is 24.2 Å². The lowest BCUT2D eigenvalue weighted by Crippen LogP contribution is -2.58. The van der Waals surface area contributed by atoms with Crippen LogP contribution < -0.4 is 31.9 Å². The molecule has 2 aromatic rings. The summed E-state index contributed by atoms with van der Waals surface area (Å²) in [5.41, 5.74) is 3.35. The van der Waals surface area contributed by atoms with E-state index in [1.807, 2.05) is 74.1 Å². The molecule has 0 radical (unpaired) electrons. The molecule has 0 saturated carbocycles. The van der Waals surface area contributed by atoms with Gasteiger partial charge in [-0.05, 0) is 98.2 Å². The molecular formula is C52H74N8O7S4. The monoisotopic (exact) mass is 1050 g/mol. The van der Waals surface area contributed by atoms with E-state index in [2.05, 4.69) is 71.7 Å². The van der Waals surface area contributed by atoms with Crippen LogP contribution in [0, 0.1) is 10.8 Å². The van der Waals surface area contributed by atoms with E-state index in [1.54, 1.807) is 23.5 Å². The molecule has 71 heavy (non-hydrogen) atoms. The molecule has 2 unspecified atom stereocenters. The van der Waals surface area contributed by atoms with E-state index in [0.29, 0.717) is 74.9 Å². The summed E-state index contributed by atoms with van der Waals surface area (Å²) in [6.07, 6.45) is 3.29. The highest BCUT2D eigenvalue weighted by molar-refractivity contribution is 8.00. The van der Waals surface area contributed by atoms with Crippen molar-refractivity contribution in [1.82, 2.24) is 41.7 Å². The third-order valence-electron chi connectivity index (χ3n) is 15.5. The first-order valence-electron chi connectivity index (χ1n) is 25.3. The summed E-state index contributed by atoms with van der Waals surface area (Å²) in [5.74, 6) is 1.03. The highest BCUT2D eigenvalue weighted by Crippen LogP contribution is 2.48. The Kier molecular flexibility index (Phi) is 17.5. The maximum absolute atomic E-state index is 14.6. The van der Waals surface area contributed by atoms with E-state index in [1.165, 1.54) is 0 Å². The number of ether oxygens (including phenoxy) is 3. The number of hydrogen-bond donors (Lipinski definition) is 6. The average Bonchev–Trinajstić information content (AvgIpc) is 3.98. The summed E-state index contributed by atoms with van der Waals surface area (Å²) in [7, 11) is 3.68. The Bertz CT molecular complexity index is 2150. The Morgan fingerprint density at radius 3 is 1.44 bits per heavy atom. The van der Waals surface area contributed by atoms with Crippen LogP contribution in [-0.4, -0.2) is 155 Å². The lowest BCUT2D eigenvalue weighted by molar-refractivity contribution is -0.143. The van der Waals surface area contributed by atoms with E-state index in [9.17, 15) is 19.2 Å². The normalized spacial score (nSPS) is 30.3. The SMILES string of the molecule is CNC(C)C(=S)N[C@H]1CCS[C@H]2CC(C)(C)[C@@H](C(=O)N[C@H]3c4ccccc4C[C@H]3OCCOCCO[C@@H]3Cc4ccccc4[C@@H]3NC(=O)[C@H]3N4C(=O)[C@@H](NC(=S)C(C)NC)CCS[C@H]4CC3(C)C)N2C1=O. The molecule has 4 aliphatic heterocycles. The van der Waals surface area contributed by atoms with Gasteiger partial charge in [-0.15, -0.1) is 23.5 Å². The molecule has 4 amide bonds. The molecule has 8 rings (SSSR count). The highest BCUT2D eigenvalue weighted by Gasteiger charge is 2.57. The van der Waals surface area contributed by atoms with Crippen molar-refractivity contribution in [2.24, 2.45) is 10.8 Å². The van der Waals surface area contributed by atoms with Crippen molar-refractivity contribution in [2.75, 3.05) is 52.0 Å². The van der Waals surface area contributed by atoms with Crippen LogP contribution in [0.25, 0.3) is 0 Å². The molecule has 4 heterocycles. The summed E-state index contributed by atoms with van der Waals surface area (Å²) in [6, 6.07) is 12.9. The van der Waals surface area contributed by atoms with Crippen molar-refractivity contribution in [3.05, 3.63) is 70.8 Å². The van der Waals surface area contributed by atoms with Gasteiger partial charge in [-0.3, -0.25) is 19.2 Å². The van der Waals surface area contributed by atoms with Gasteiger partial charge in [0.05, 0.1) is 83.5 Å². The van der Waals surface area contributed by atoms with Gasteiger partial charge in [0.15, 0.2) is 0 Å². The topological polar surface area (TPSA) is 175 Å². The summed E-state index contributed by atoms with van der Waals surface area (Å²) in [6.45, 7) is 13.5. The van der Waals surface area contributed by atoms with Gasteiger partial charge < -0.3 is 55.9 Å². The average molecular weight is 1050 g/mol. The van der Waals surface area contributed by atoms with Crippen LogP contribution in [0.4, 0.5) is 0 Å². The first-order chi connectivity index (χ1) is 33.9. The second-order valence-electron chi connectivity index (χ2n) is 21.3. The lowest BCUT2D eigenvalue weighted by atomic mass is 9.83. The number of nitrogens with one attached hydrogen (secondary N) is 6. The summed E-state index contributed by atoms with van der Waals surface area (Å²) >= 11 is 14.7. The van der Waals surface area contributed by atoms with Gasteiger partial charge in [-0.1, -0.05) is 101 Å². The second kappa shape index (κ2) is 23.0. The molecule has 19 heteroatoms. The number of thioether (sulfide) groups is 2. The van der Waals surface area contributed by atoms with Crippen LogP contribution in [0.1, 0.15) is 102 Å². The molecule has 388 valence electrons. The summed E-state index contributed by atoms with van der Waals surface area (Å²) in [4.78, 5) is 62.7. The number of thiocarbonyl (C=S) groups is 2. The molecule has 15 nitrogen and oxygen atoms in total. The van der Waals surface area contributed by atoms with E-state index in [0.717, 1.165) is 33.8 Å². The Morgan fingerprint density at radius 1 is 0.648 bits per heavy atom. The van der Waals surface area contributed by atoms with Crippen LogP contribution in [0.5, 0.6) is 0 Å². The molecule has 6 aliphatic rings. The largest absolute Gasteiger partial charge is 0.377 e. The Balaban J connectivity index is 0.858. The summed E-state index contributed by atoms with van der Waals surface area (Å²) in [5, 5.41) is 19.4. The van der Waals surface area contributed by atoms with Crippen LogP contribution in [0.2, 0.25) is 0 Å². The van der Waals surface area contributed by atoms with E-state index < -0.39 is 47.1 Å². The third kappa shape index (κ3) is 11.6. The molecule has 4 saturated heterocycles. The number of fused-ring (bicyclic) bond motifs is 4. The Morgan fingerprint density at radius 2 is 1.04 bits per heavy atom. The van der Waals surface area contributed by atoms with Gasteiger partial charge in [0.25, 0.3) is 0 Å². The number of benzene rings is 2. The minimum Gasteiger partial charge on any atom is -0.377 e. The van der Waals surface area contributed by atoms with Gasteiger partial charge in [0, 0.05) is 12.8 Å². The number of nitrogens with zero attached hydrogens (tertiary/aromatic N) is 2. The zero-order chi connectivity index (χ0) is 50.8. The first kappa shape index (κ1) is 53.9. The van der Waals surface area contributed by atoms with Crippen LogP contribution in [0.15, 0.2) is 48.5 Å². The number of likely N-dealkylation sites (N-methyl/N-ethyl adjacent to an activating group) is 2. The van der Waals surface area contributed by atoms with Crippen molar-refractivity contribution >= 4 is 81.6 Å². The van der Waals surface area contributed by atoms with Gasteiger partial charge >= 0.3 is 0 Å². The first-order valence-corrected chi connectivity index (χ1v) is 28.3. The summed E-state index contributed by atoms with van der Waals surface area (Å²) < 4.78 is 19.1. The fourth-order valence-electron chi connectivity index (χ4n) is 11.4. The minimum atomic E-state index is -0.667. The number of carbonyl (C=O) groups excluding carboxylic acids is 4. The molecule has 0 bridgehead atoms. The molecule has 0 spiro atoms. The molecule has 2 aliphatic carbocycles. The zero-order valence-electron chi connectivity index (χ0n) is 42.4. The lowest BCUT2D eigenvalue weighted by Gasteiger charge is -2.35. The fraction of sp³-hybridized carbons (Fsp3) is 0.654. The quantitative estimate of drug-likeness (QED) is 0.0906. The van der Waals surface area contributed by atoms with Gasteiger partial charge in [-0.2, -0.15) is 0 Å². The fourth-order valence-corrected chi connectivity index (χ4v) is 15.1. The second-order valence-corrected chi connectivity index (χ2v) is 24.7. The molecular weight excluding hydrogens is 977 g/mol. The van der Waals surface area contributed by atoms with E-state index >= 15 is 0 Å². The van der Waals surface area contributed by atoms with Crippen molar-refractivity contribution in [1.29, 1.82) is 0 Å². The van der Waals surface area contributed by atoms with Crippen molar-refractivity contribution in [2.45, 2.75) is 151 Å². The number of hydrogen-bond acceptors (Lipinski definition) is 13. The van der Waals surface area contributed by atoms with Crippen molar-refractivity contribution in [3.63, 3.8) is 0 Å². The maximum Gasteiger partial charge on any atom is 0.246 e. The zero-order valence-corrected chi connectivity index (χ0v) is 45.7. The number of rotatable bonds is 18. The number of amides is 4. The Hall–Kier alpha value is -3.40. The van der Waals surface area contributed by atoms with Crippen molar-refractivity contribution in [3.8, 4) is 0 Å². The molecule has 0 aromatic heterocycles.